The van der Waals surface area contributed by atoms with E-state index < -0.39 is 6.02 Å². The van der Waals surface area contributed by atoms with Gasteiger partial charge < -0.3 is 0 Å². The SMILES string of the molecule is [2H]c1n2c(c(C)[n+]1-c1ccccc1C)C=CC2(C)C.[2H]c1n2c(c(C)[n+]1-c1ccccc1C)C=CC2(C)C1CCCC1.[2H]c1n2c(c(C)[n+]1-c1ccccc1C)C=CC2(C)C1CCCCC1.[2H]c1n2c(c(C)[n+]1-c1ccccc1C)C=CC2(C)c1ccccc1.[2H]c1n2c(c(C)[n+]1-c1ccccc1C)C=CC2([2H])C. The normalized spacial score (nSPS) is 22.0. The molecule has 0 amide bonds. The molecule has 10 heteroatoms. The second-order valence-corrected chi connectivity index (χ2v) is 30.9. The van der Waals surface area contributed by atoms with Gasteiger partial charge >= 0.3 is 0 Å². The van der Waals surface area contributed by atoms with Crippen LogP contribution < -0.4 is 22.8 Å². The molecule has 0 saturated heterocycles. The summed E-state index contributed by atoms with van der Waals surface area (Å²) in [6, 6.07) is 50.8. The molecule has 5 aliphatic heterocycles. The zero-order valence-corrected chi connectivity index (χ0v) is 63.7. The number of rotatable bonds is 8. The molecule has 2 aliphatic carbocycles. The molecule has 10 nitrogen and oxygen atoms in total. The Morgan fingerprint density at radius 3 is 1.04 bits per heavy atom. The molecular weight excluding hydrogens is 1260 g/mol. The van der Waals surface area contributed by atoms with Gasteiger partial charge in [0.25, 0.3) is 6.30 Å². The van der Waals surface area contributed by atoms with Crippen LogP contribution in [0.25, 0.3) is 58.8 Å². The Balaban J connectivity index is 0.000000114. The van der Waals surface area contributed by atoms with Gasteiger partial charge in [-0.1, -0.05) is 153 Å². The molecule has 11 aromatic rings. The van der Waals surface area contributed by atoms with Crippen molar-refractivity contribution in [3.8, 4) is 28.4 Å². The first-order chi connectivity index (χ1) is 52.0. The molecule has 4 atom stereocenters. The summed E-state index contributed by atoms with van der Waals surface area (Å²) < 4.78 is 72.7. The lowest BCUT2D eigenvalue weighted by Gasteiger charge is -2.33. The summed E-state index contributed by atoms with van der Waals surface area (Å²) in [7, 11) is 0. The molecule has 18 rings (SSSR count). The highest BCUT2D eigenvalue weighted by molar-refractivity contribution is 5.59. The van der Waals surface area contributed by atoms with Crippen LogP contribution >= 0.6 is 0 Å². The largest absolute Gasteiger partial charge is 0.250 e. The zero-order chi connectivity index (χ0) is 77.6. The fourth-order valence-electron chi connectivity index (χ4n) is 17.0. The van der Waals surface area contributed by atoms with E-state index in [0.29, 0.717) is 43.4 Å². The van der Waals surface area contributed by atoms with E-state index in [2.05, 4.69) is 268 Å². The maximum absolute atomic E-state index is 8.94. The van der Waals surface area contributed by atoms with Gasteiger partial charge in [-0.05, 0) is 221 Å². The fourth-order valence-corrected chi connectivity index (χ4v) is 17.0. The molecule has 7 aliphatic rings. The number of imidazole rings is 5. The first-order valence-electron chi connectivity index (χ1n) is 40.5. The third-order valence-electron chi connectivity index (χ3n) is 23.7. The highest BCUT2D eigenvalue weighted by atomic mass is 15.2. The van der Waals surface area contributed by atoms with Crippen molar-refractivity contribution in [2.24, 2.45) is 11.8 Å². The molecule has 0 spiro atoms. The van der Waals surface area contributed by atoms with E-state index in [-0.39, 0.29) is 22.2 Å². The van der Waals surface area contributed by atoms with Crippen molar-refractivity contribution >= 4 is 30.4 Å². The summed E-state index contributed by atoms with van der Waals surface area (Å²) in [5.74, 6) is 1.30. The number of benzene rings is 6. The predicted octanol–water partition coefficient (Wildman–Crippen LogP) is 19.3. The monoisotopic (exact) mass is 1370 g/mol. The van der Waals surface area contributed by atoms with E-state index in [1.807, 2.05) is 89.7 Å². The Labute approximate surface area is 622 Å². The molecule has 6 aromatic carbocycles. The van der Waals surface area contributed by atoms with Gasteiger partial charge in [0.1, 0.15) is 51.1 Å². The number of nitrogens with zero attached hydrogens (tertiary/aromatic N) is 10. The first kappa shape index (κ1) is 62.8. The lowest BCUT2D eigenvalue weighted by Crippen LogP contribution is -2.38. The smallest absolute Gasteiger partial charge is 0.224 e. The van der Waals surface area contributed by atoms with E-state index in [9.17, 15) is 0 Å². The van der Waals surface area contributed by atoms with Crippen LogP contribution in [0.15, 0.2) is 214 Å². The highest BCUT2D eigenvalue weighted by Gasteiger charge is 2.47. The molecule has 0 bridgehead atoms. The number of fused-ring (bicyclic) bond motifs is 5. The predicted molar refractivity (Wildman–Crippen MR) is 421 cm³/mol. The van der Waals surface area contributed by atoms with Gasteiger partial charge in [-0.2, -0.15) is 22.8 Å². The fraction of sp³-hybridized carbons (Fsp3) is 0.344. The molecule has 4 unspecified atom stereocenters. The standard InChI is InChI=1S/C21H27N2.C21H21N2.C20H25N2.C16H19N2.C15H17N2/c2*1-16-9-7-8-12-19(16)22-15-23-20(17(22)2)13-14-21(23,3)18-10-5-4-6-11-18;1-15-8-4-7-11-18(15)21-14-22-19(16(21)2)12-13-20(22,3)17-9-5-6-10-17;1-12-7-5-6-8-14(12)17-11-18-15(13(17)2)9-10-16(18,3)4;1-11-6-4-5-7-14(11)17-10-16-12(2)8-9-15(16)13(17)3/h7-9,12-15,18H,4-6,10-11H2,1-3H3;4-15H,1-3H3;4,7-8,11-14,17H,5-6,9-10H2,1-3H3;5-11H,1-4H3;4-10,12H,1-3H3/q5*+1/i2*15D;14D;11D;10D,12D. The van der Waals surface area contributed by atoms with Crippen LogP contribution in [0.4, 0.5) is 0 Å². The first-order valence-corrected chi connectivity index (χ1v) is 37.5. The Hall–Kier alpha value is -9.93. The molecular formula is C93H109N10+5. The van der Waals surface area contributed by atoms with E-state index in [0.717, 1.165) is 68.2 Å². The van der Waals surface area contributed by atoms with Crippen molar-refractivity contribution in [1.29, 1.82) is 0 Å². The van der Waals surface area contributed by atoms with Crippen LogP contribution in [-0.4, -0.2) is 22.8 Å². The van der Waals surface area contributed by atoms with E-state index in [1.54, 1.807) is 11.5 Å². The van der Waals surface area contributed by atoms with Gasteiger partial charge in [0.05, 0.1) is 1.37 Å². The van der Waals surface area contributed by atoms with Gasteiger partial charge in [-0.3, -0.25) is 0 Å². The number of hydrogen-bond acceptors (Lipinski definition) is 0. The van der Waals surface area contributed by atoms with Gasteiger partial charge in [0.15, 0.2) is 69.3 Å². The molecule has 0 N–H and O–H groups in total. The van der Waals surface area contributed by atoms with Gasteiger partial charge in [0.2, 0.25) is 25.2 Å². The van der Waals surface area contributed by atoms with Crippen molar-refractivity contribution in [2.75, 3.05) is 0 Å². The number of para-hydroxylation sites is 5. The molecule has 10 heterocycles. The van der Waals surface area contributed by atoms with Crippen LogP contribution in [0, 0.1) is 81.1 Å². The Morgan fingerprint density at radius 2 is 0.650 bits per heavy atom. The van der Waals surface area contributed by atoms with Gasteiger partial charge in [0, 0.05) is 52.0 Å². The topological polar surface area (TPSA) is 44.0 Å². The maximum Gasteiger partial charge on any atom is 0.250 e. The van der Waals surface area contributed by atoms with Crippen molar-refractivity contribution < 1.29 is 31.1 Å². The van der Waals surface area contributed by atoms with E-state index in [1.165, 1.54) is 108 Å². The minimum Gasteiger partial charge on any atom is -0.224 e. The summed E-state index contributed by atoms with van der Waals surface area (Å²) in [5, 5.41) is 0. The summed E-state index contributed by atoms with van der Waals surface area (Å²) >= 11 is 0. The summed E-state index contributed by atoms with van der Waals surface area (Å²) in [5.41, 5.74) is 23.2. The summed E-state index contributed by atoms with van der Waals surface area (Å²) in [6.45, 7) is 33.8. The van der Waals surface area contributed by atoms with Crippen LogP contribution in [0.1, 0.15) is 204 Å². The third kappa shape index (κ3) is 12.6. The number of hydrogen-bond donors (Lipinski definition) is 0. The molecule has 2 saturated carbocycles. The minimum atomic E-state index is -0.870. The van der Waals surface area contributed by atoms with Crippen LogP contribution in [0.3, 0.4) is 0 Å². The van der Waals surface area contributed by atoms with Crippen molar-refractivity contribution in [3.05, 3.63) is 304 Å². The van der Waals surface area contributed by atoms with Crippen LogP contribution in [0.2, 0.25) is 0 Å². The van der Waals surface area contributed by atoms with Crippen molar-refractivity contribution in [1.82, 2.24) is 22.8 Å². The van der Waals surface area contributed by atoms with E-state index >= 15 is 0 Å². The Bertz CT molecular complexity index is 5390. The maximum atomic E-state index is 8.94. The summed E-state index contributed by atoms with van der Waals surface area (Å²) in [4.78, 5) is 0. The third-order valence-corrected chi connectivity index (χ3v) is 23.7. The lowest BCUT2D eigenvalue weighted by atomic mass is 9.76. The van der Waals surface area contributed by atoms with E-state index in [4.69, 9.17) is 8.22 Å². The Kier molecular flexibility index (Phi) is 17.1. The molecule has 526 valence electrons. The number of allylic oxidation sites excluding steroid dienone is 5. The quantitative estimate of drug-likeness (QED) is 0.136. The second kappa shape index (κ2) is 28.0. The molecule has 103 heavy (non-hydrogen) atoms. The minimum absolute atomic E-state index is 0.0401. The molecule has 5 aromatic heterocycles. The zero-order valence-electron chi connectivity index (χ0n) is 69.7. The van der Waals surface area contributed by atoms with Crippen LogP contribution in [0.5, 0.6) is 0 Å². The number of aromatic nitrogens is 10. The second-order valence-electron chi connectivity index (χ2n) is 30.9. The Morgan fingerprint density at radius 1 is 0.340 bits per heavy atom. The average Bonchev–Trinajstić information content (AvgIpc) is 1.60. The highest BCUT2D eigenvalue weighted by Crippen LogP contribution is 2.46. The summed E-state index contributed by atoms with van der Waals surface area (Å²) in [6.07, 6.45) is 36.0. The van der Waals surface area contributed by atoms with Crippen molar-refractivity contribution in [2.45, 2.75) is 197 Å². The lowest BCUT2D eigenvalue weighted by molar-refractivity contribution is -0.603. The van der Waals surface area contributed by atoms with Gasteiger partial charge in [-0.15, -0.1) is 0 Å². The average molecular weight is 1370 g/mol. The molecule has 0 radical (unpaired) electrons. The number of aryl methyl sites for hydroxylation is 5. The molecule has 2 fully saturated rings. The van der Waals surface area contributed by atoms with Gasteiger partial charge in [-0.25, -0.2) is 22.8 Å². The van der Waals surface area contributed by atoms with Crippen molar-refractivity contribution in [3.63, 3.8) is 0 Å². The van der Waals surface area contributed by atoms with Crippen LogP contribution in [-0.2, 0) is 22.2 Å².